The molecule has 1 aliphatic heterocycles. The zero-order valence-electron chi connectivity index (χ0n) is 10.6. The lowest BCUT2D eigenvalue weighted by Crippen LogP contribution is -2.42. The lowest BCUT2D eigenvalue weighted by Gasteiger charge is -2.32. The number of ether oxygens (including phenoxy) is 1. The van der Waals surface area contributed by atoms with Crippen LogP contribution >= 0.6 is 0 Å². The molecule has 0 bridgehead atoms. The molecule has 1 aromatic rings. The summed E-state index contributed by atoms with van der Waals surface area (Å²) in [7, 11) is 0. The predicted molar refractivity (Wildman–Crippen MR) is 69.9 cm³/mol. The highest BCUT2D eigenvalue weighted by molar-refractivity contribution is 5.38. The van der Waals surface area contributed by atoms with Gasteiger partial charge in [0, 0.05) is 12.0 Å². The first kappa shape index (κ1) is 12.4. The van der Waals surface area contributed by atoms with Gasteiger partial charge in [0.1, 0.15) is 5.75 Å². The first-order valence-electron chi connectivity index (χ1n) is 6.40. The van der Waals surface area contributed by atoms with E-state index in [9.17, 15) is 0 Å². The topological polar surface area (TPSA) is 47.3 Å². The maximum absolute atomic E-state index is 5.72. The number of para-hydroxylation sites is 1. The van der Waals surface area contributed by atoms with Gasteiger partial charge in [-0.25, -0.2) is 0 Å². The van der Waals surface area contributed by atoms with Crippen LogP contribution < -0.4 is 16.0 Å². The Morgan fingerprint density at radius 3 is 2.88 bits per heavy atom. The van der Waals surface area contributed by atoms with E-state index < -0.39 is 0 Å². The van der Waals surface area contributed by atoms with Crippen molar-refractivity contribution >= 4 is 0 Å². The van der Waals surface area contributed by atoms with Crippen molar-refractivity contribution in [2.45, 2.75) is 38.6 Å². The molecule has 0 aliphatic carbocycles. The maximum Gasteiger partial charge on any atom is 0.122 e. The smallest absolute Gasteiger partial charge is 0.122 e. The summed E-state index contributed by atoms with van der Waals surface area (Å²) >= 11 is 0. The molecule has 0 fully saturated rings. The van der Waals surface area contributed by atoms with Crippen LogP contribution in [0.2, 0.25) is 0 Å². The van der Waals surface area contributed by atoms with Crippen molar-refractivity contribution in [3.63, 3.8) is 0 Å². The van der Waals surface area contributed by atoms with E-state index >= 15 is 0 Å². The molecule has 0 saturated carbocycles. The zero-order valence-corrected chi connectivity index (χ0v) is 10.6. The number of fused-ring (bicyclic) bond motifs is 1. The SMILES string of the molecule is CC(C)CC(NN)C1CCOc2ccccc21. The van der Waals surface area contributed by atoms with Crippen LogP contribution in [-0.4, -0.2) is 12.6 Å². The largest absolute Gasteiger partial charge is 0.493 e. The third-order valence-electron chi connectivity index (χ3n) is 3.43. The number of hydrogen-bond acceptors (Lipinski definition) is 3. The monoisotopic (exact) mass is 234 g/mol. The van der Waals surface area contributed by atoms with Gasteiger partial charge >= 0.3 is 0 Å². The van der Waals surface area contributed by atoms with Gasteiger partial charge in [-0.15, -0.1) is 0 Å². The second kappa shape index (κ2) is 5.52. The standard InChI is InChI=1S/C14H22N2O/c1-10(2)9-13(16-15)11-7-8-17-14-6-4-3-5-12(11)14/h3-6,10-11,13,16H,7-9,15H2,1-2H3. The molecule has 0 radical (unpaired) electrons. The zero-order chi connectivity index (χ0) is 12.3. The maximum atomic E-state index is 5.72. The fourth-order valence-electron chi connectivity index (χ4n) is 2.64. The lowest BCUT2D eigenvalue weighted by molar-refractivity contribution is 0.235. The summed E-state index contributed by atoms with van der Waals surface area (Å²) in [6.07, 6.45) is 2.13. The number of benzene rings is 1. The van der Waals surface area contributed by atoms with Gasteiger partial charge in [0.2, 0.25) is 0 Å². The average molecular weight is 234 g/mol. The molecule has 94 valence electrons. The normalized spacial score (nSPS) is 20.8. The molecule has 2 atom stereocenters. The number of nitrogens with one attached hydrogen (secondary N) is 1. The van der Waals surface area contributed by atoms with E-state index in [0.29, 0.717) is 17.9 Å². The molecule has 0 spiro atoms. The van der Waals surface area contributed by atoms with E-state index in [-0.39, 0.29) is 0 Å². The van der Waals surface area contributed by atoms with Crippen LogP contribution in [0.5, 0.6) is 5.75 Å². The Morgan fingerprint density at radius 2 is 2.18 bits per heavy atom. The summed E-state index contributed by atoms with van der Waals surface area (Å²) in [5, 5.41) is 0. The van der Waals surface area contributed by atoms with Gasteiger partial charge in [0.25, 0.3) is 0 Å². The number of rotatable bonds is 4. The van der Waals surface area contributed by atoms with E-state index in [2.05, 4.69) is 31.4 Å². The van der Waals surface area contributed by atoms with Crippen LogP contribution in [0.3, 0.4) is 0 Å². The number of hydrazine groups is 1. The Balaban J connectivity index is 2.21. The fraction of sp³-hybridized carbons (Fsp3) is 0.571. The average Bonchev–Trinajstić information content (AvgIpc) is 2.35. The summed E-state index contributed by atoms with van der Waals surface area (Å²) in [4.78, 5) is 0. The summed E-state index contributed by atoms with van der Waals surface area (Å²) in [5.74, 6) is 7.85. The fourth-order valence-corrected chi connectivity index (χ4v) is 2.64. The van der Waals surface area contributed by atoms with Gasteiger partial charge in [0.05, 0.1) is 6.61 Å². The molecule has 1 aromatic carbocycles. The van der Waals surface area contributed by atoms with E-state index in [1.165, 1.54) is 5.56 Å². The van der Waals surface area contributed by atoms with Crippen molar-refractivity contribution in [3.8, 4) is 5.75 Å². The minimum atomic E-state index is 0.333. The molecule has 0 aromatic heterocycles. The molecular formula is C14H22N2O. The first-order chi connectivity index (χ1) is 8.22. The summed E-state index contributed by atoms with van der Waals surface area (Å²) in [6, 6.07) is 8.63. The molecule has 3 nitrogen and oxygen atoms in total. The molecule has 3 N–H and O–H groups in total. The third kappa shape index (κ3) is 2.79. The van der Waals surface area contributed by atoms with Gasteiger partial charge in [-0.2, -0.15) is 0 Å². The molecule has 2 rings (SSSR count). The van der Waals surface area contributed by atoms with E-state index in [4.69, 9.17) is 10.6 Å². The van der Waals surface area contributed by atoms with Crippen LogP contribution in [0.1, 0.15) is 38.2 Å². The Hall–Kier alpha value is -1.06. The molecule has 1 aliphatic rings. The van der Waals surface area contributed by atoms with Crippen molar-refractivity contribution < 1.29 is 4.74 Å². The van der Waals surface area contributed by atoms with Crippen molar-refractivity contribution in [2.24, 2.45) is 11.8 Å². The van der Waals surface area contributed by atoms with Crippen LogP contribution in [-0.2, 0) is 0 Å². The molecule has 2 unspecified atom stereocenters. The van der Waals surface area contributed by atoms with Crippen LogP contribution in [0.25, 0.3) is 0 Å². The predicted octanol–water partition coefficient (Wildman–Crippen LogP) is 2.43. The van der Waals surface area contributed by atoms with Crippen LogP contribution in [0.4, 0.5) is 0 Å². The third-order valence-corrected chi connectivity index (χ3v) is 3.43. The van der Waals surface area contributed by atoms with Crippen molar-refractivity contribution in [2.75, 3.05) is 6.61 Å². The highest BCUT2D eigenvalue weighted by Gasteiger charge is 2.28. The highest BCUT2D eigenvalue weighted by atomic mass is 16.5. The van der Waals surface area contributed by atoms with E-state index in [0.717, 1.165) is 25.2 Å². The molecule has 1 heterocycles. The molecule has 17 heavy (non-hydrogen) atoms. The minimum Gasteiger partial charge on any atom is -0.493 e. The highest BCUT2D eigenvalue weighted by Crippen LogP contribution is 2.36. The molecule has 0 amide bonds. The quantitative estimate of drug-likeness (QED) is 0.621. The van der Waals surface area contributed by atoms with Crippen molar-refractivity contribution in [3.05, 3.63) is 29.8 Å². The first-order valence-corrected chi connectivity index (χ1v) is 6.40. The minimum absolute atomic E-state index is 0.333. The molecule has 0 saturated heterocycles. The lowest BCUT2D eigenvalue weighted by atomic mass is 9.83. The molecular weight excluding hydrogens is 212 g/mol. The van der Waals surface area contributed by atoms with Crippen LogP contribution in [0.15, 0.2) is 24.3 Å². The number of nitrogens with two attached hydrogens (primary N) is 1. The van der Waals surface area contributed by atoms with Crippen molar-refractivity contribution in [1.82, 2.24) is 5.43 Å². The van der Waals surface area contributed by atoms with Gasteiger partial charge < -0.3 is 4.74 Å². The van der Waals surface area contributed by atoms with Gasteiger partial charge in [-0.05, 0) is 30.4 Å². The van der Waals surface area contributed by atoms with Gasteiger partial charge in [0.15, 0.2) is 0 Å². The Bertz CT molecular complexity index is 365. The Labute approximate surface area is 103 Å². The van der Waals surface area contributed by atoms with Gasteiger partial charge in [-0.1, -0.05) is 32.0 Å². The van der Waals surface area contributed by atoms with Gasteiger partial charge in [-0.3, -0.25) is 11.3 Å². The Morgan fingerprint density at radius 1 is 1.41 bits per heavy atom. The Kier molecular flexibility index (Phi) is 4.02. The number of hydrogen-bond donors (Lipinski definition) is 2. The summed E-state index contributed by atoms with van der Waals surface area (Å²) in [5.41, 5.74) is 4.28. The van der Waals surface area contributed by atoms with E-state index in [1.54, 1.807) is 0 Å². The summed E-state index contributed by atoms with van der Waals surface area (Å²) in [6.45, 7) is 5.25. The van der Waals surface area contributed by atoms with Crippen LogP contribution in [0, 0.1) is 5.92 Å². The van der Waals surface area contributed by atoms with E-state index in [1.807, 2.05) is 12.1 Å². The second-order valence-electron chi connectivity index (χ2n) is 5.18. The molecule has 3 heteroatoms. The van der Waals surface area contributed by atoms with Crippen molar-refractivity contribution in [1.29, 1.82) is 0 Å². The summed E-state index contributed by atoms with van der Waals surface area (Å²) < 4.78 is 5.68. The second-order valence-corrected chi connectivity index (χ2v) is 5.18.